The van der Waals surface area contributed by atoms with E-state index in [0.29, 0.717) is 17.9 Å². The molecular weight excluding hydrogens is 255 g/mol. The summed E-state index contributed by atoms with van der Waals surface area (Å²) in [5.74, 6) is 0. The van der Waals surface area contributed by atoms with Crippen molar-refractivity contribution in [2.24, 2.45) is 0 Å². The monoisotopic (exact) mass is 267 g/mol. The molecule has 0 unspecified atom stereocenters. The summed E-state index contributed by atoms with van der Waals surface area (Å²) in [6.45, 7) is 1.77. The molecule has 0 bridgehead atoms. The van der Waals surface area contributed by atoms with Crippen LogP contribution in [0.15, 0.2) is 36.8 Å². The quantitative estimate of drug-likeness (QED) is 0.926. The van der Waals surface area contributed by atoms with Crippen molar-refractivity contribution in [3.8, 4) is 0 Å². The first-order valence-corrected chi connectivity index (χ1v) is 5.63. The van der Waals surface area contributed by atoms with Crippen molar-refractivity contribution in [1.82, 2.24) is 9.97 Å². The Morgan fingerprint density at radius 1 is 1.21 bits per heavy atom. The van der Waals surface area contributed by atoms with E-state index in [1.807, 2.05) is 0 Å². The fraction of sp³-hybridized carbons (Fsp3) is 0.231. The number of nitrogens with zero attached hydrogens (tertiary/aromatic N) is 2. The first-order valence-electron chi connectivity index (χ1n) is 5.63. The number of benzene rings is 1. The molecule has 0 spiro atoms. The van der Waals surface area contributed by atoms with E-state index >= 15 is 0 Å². The average Bonchev–Trinajstić information content (AvgIpc) is 2.37. The normalized spacial score (nSPS) is 11.4. The molecule has 0 saturated heterocycles. The molecule has 0 aliphatic carbocycles. The van der Waals surface area contributed by atoms with Crippen LogP contribution >= 0.6 is 0 Å². The highest BCUT2D eigenvalue weighted by Crippen LogP contribution is 2.33. The molecular formula is C13H12F3N3. The first kappa shape index (κ1) is 13.3. The first-order chi connectivity index (χ1) is 8.97. The largest absolute Gasteiger partial charge is 0.416 e. The molecule has 1 N–H and O–H groups in total. The van der Waals surface area contributed by atoms with E-state index in [4.69, 9.17) is 0 Å². The van der Waals surface area contributed by atoms with Crippen LogP contribution in [0, 0.1) is 6.92 Å². The Hall–Kier alpha value is -2.11. The maximum Gasteiger partial charge on any atom is 0.416 e. The number of nitrogens with one attached hydrogen (secondary N) is 1. The minimum Gasteiger partial charge on any atom is -0.379 e. The summed E-state index contributed by atoms with van der Waals surface area (Å²) in [4.78, 5) is 7.92. The Balaban J connectivity index is 2.14. The van der Waals surface area contributed by atoms with Crippen molar-refractivity contribution in [3.63, 3.8) is 0 Å². The molecule has 2 aromatic rings. The van der Waals surface area contributed by atoms with E-state index in [2.05, 4.69) is 15.3 Å². The maximum absolute atomic E-state index is 12.7. The van der Waals surface area contributed by atoms with Crippen molar-refractivity contribution in [3.05, 3.63) is 53.6 Å². The molecule has 19 heavy (non-hydrogen) atoms. The number of aromatic nitrogens is 2. The lowest BCUT2D eigenvalue weighted by Gasteiger charge is -2.13. The number of hydrogen-bond acceptors (Lipinski definition) is 3. The molecule has 0 fully saturated rings. The molecule has 0 saturated carbocycles. The lowest BCUT2D eigenvalue weighted by molar-refractivity contribution is -0.138. The number of aryl methyl sites for hydroxylation is 1. The summed E-state index contributed by atoms with van der Waals surface area (Å²) >= 11 is 0. The molecule has 0 radical (unpaired) electrons. The third-order valence-electron chi connectivity index (χ3n) is 2.63. The van der Waals surface area contributed by atoms with Gasteiger partial charge in [-0.05, 0) is 24.6 Å². The van der Waals surface area contributed by atoms with Crippen LogP contribution in [0.5, 0.6) is 0 Å². The van der Waals surface area contributed by atoms with Gasteiger partial charge in [-0.15, -0.1) is 0 Å². The van der Waals surface area contributed by atoms with Crippen LogP contribution in [0.4, 0.5) is 18.9 Å². The second kappa shape index (κ2) is 5.26. The summed E-state index contributed by atoms with van der Waals surface area (Å²) in [6.07, 6.45) is 0.296. The number of rotatable bonds is 3. The smallest absolute Gasteiger partial charge is 0.379 e. The lowest BCUT2D eigenvalue weighted by atomic mass is 10.1. The van der Waals surface area contributed by atoms with E-state index in [1.54, 1.807) is 12.3 Å². The van der Waals surface area contributed by atoms with Crippen LogP contribution in [0.1, 0.15) is 16.8 Å². The van der Waals surface area contributed by atoms with Crippen LogP contribution in [-0.2, 0) is 12.7 Å². The maximum atomic E-state index is 12.7. The van der Waals surface area contributed by atoms with Crippen molar-refractivity contribution >= 4 is 5.69 Å². The van der Waals surface area contributed by atoms with Gasteiger partial charge in [-0.2, -0.15) is 13.2 Å². The molecule has 1 heterocycles. The Bertz CT molecular complexity index is 553. The molecule has 2 rings (SSSR count). The van der Waals surface area contributed by atoms with Crippen LogP contribution in [0.3, 0.4) is 0 Å². The number of anilines is 1. The summed E-state index contributed by atoms with van der Waals surface area (Å²) in [7, 11) is 0. The van der Waals surface area contributed by atoms with Crippen molar-refractivity contribution < 1.29 is 13.2 Å². The second-order valence-corrected chi connectivity index (χ2v) is 4.08. The third kappa shape index (κ3) is 3.43. The van der Waals surface area contributed by atoms with Crippen molar-refractivity contribution in [2.45, 2.75) is 19.6 Å². The molecule has 0 atom stereocenters. The fourth-order valence-electron chi connectivity index (χ4n) is 1.65. The van der Waals surface area contributed by atoms with Gasteiger partial charge in [0.15, 0.2) is 0 Å². The Kier molecular flexibility index (Phi) is 3.69. The number of halogens is 3. The summed E-state index contributed by atoms with van der Waals surface area (Å²) in [5.41, 5.74) is 0.648. The zero-order chi connectivity index (χ0) is 13.9. The van der Waals surface area contributed by atoms with E-state index in [9.17, 15) is 13.2 Å². The van der Waals surface area contributed by atoms with E-state index in [-0.39, 0.29) is 5.56 Å². The van der Waals surface area contributed by atoms with Gasteiger partial charge in [0.05, 0.1) is 24.0 Å². The Morgan fingerprint density at radius 3 is 2.63 bits per heavy atom. The molecule has 100 valence electrons. The molecule has 0 aliphatic rings. The minimum absolute atomic E-state index is 0.206. The molecule has 1 aromatic carbocycles. The second-order valence-electron chi connectivity index (χ2n) is 4.08. The summed E-state index contributed by atoms with van der Waals surface area (Å²) < 4.78 is 38.2. The zero-order valence-corrected chi connectivity index (χ0v) is 10.2. The standard InChI is InChI=1S/C13H12F3N3/c1-9-2-3-10(6-12(9)13(14,15)16)19-8-11-7-17-4-5-18-11/h2-7,19H,8H2,1H3. The van der Waals surface area contributed by atoms with E-state index < -0.39 is 11.7 Å². The van der Waals surface area contributed by atoms with Crippen molar-refractivity contribution in [1.29, 1.82) is 0 Å². The van der Waals surface area contributed by atoms with Gasteiger partial charge >= 0.3 is 6.18 Å². The number of alkyl halides is 3. The topological polar surface area (TPSA) is 37.8 Å². The van der Waals surface area contributed by atoms with Gasteiger partial charge in [-0.25, -0.2) is 0 Å². The predicted octanol–water partition coefficient (Wildman–Crippen LogP) is 3.42. The van der Waals surface area contributed by atoms with Gasteiger partial charge in [0.2, 0.25) is 0 Å². The molecule has 1 aromatic heterocycles. The minimum atomic E-state index is -4.34. The van der Waals surface area contributed by atoms with E-state index in [0.717, 1.165) is 6.07 Å². The van der Waals surface area contributed by atoms with Crippen LogP contribution in [0.25, 0.3) is 0 Å². The SMILES string of the molecule is Cc1ccc(NCc2cnccn2)cc1C(F)(F)F. The highest BCUT2D eigenvalue weighted by Gasteiger charge is 2.32. The summed E-state index contributed by atoms with van der Waals surface area (Å²) in [6, 6.07) is 4.16. The Labute approximate surface area is 108 Å². The number of hydrogen-bond donors (Lipinski definition) is 1. The predicted molar refractivity (Wildman–Crippen MR) is 65.5 cm³/mol. The molecule has 3 nitrogen and oxygen atoms in total. The third-order valence-corrected chi connectivity index (χ3v) is 2.63. The zero-order valence-electron chi connectivity index (χ0n) is 10.2. The van der Waals surface area contributed by atoms with Gasteiger partial charge in [-0.1, -0.05) is 6.07 Å². The summed E-state index contributed by atoms with van der Waals surface area (Å²) in [5, 5.41) is 2.90. The molecule has 0 aliphatic heterocycles. The lowest BCUT2D eigenvalue weighted by Crippen LogP contribution is -2.09. The van der Waals surface area contributed by atoms with E-state index in [1.165, 1.54) is 25.4 Å². The van der Waals surface area contributed by atoms with Gasteiger partial charge < -0.3 is 5.32 Å². The van der Waals surface area contributed by atoms with Gasteiger partial charge in [-0.3, -0.25) is 9.97 Å². The Morgan fingerprint density at radius 2 is 2.00 bits per heavy atom. The van der Waals surface area contributed by atoms with Gasteiger partial charge in [0.25, 0.3) is 0 Å². The highest BCUT2D eigenvalue weighted by molar-refractivity contribution is 5.49. The fourth-order valence-corrected chi connectivity index (χ4v) is 1.65. The van der Waals surface area contributed by atoms with Crippen LogP contribution < -0.4 is 5.32 Å². The van der Waals surface area contributed by atoms with Crippen LogP contribution in [0.2, 0.25) is 0 Å². The highest BCUT2D eigenvalue weighted by atomic mass is 19.4. The van der Waals surface area contributed by atoms with Crippen molar-refractivity contribution in [2.75, 3.05) is 5.32 Å². The molecule has 6 heteroatoms. The molecule has 0 amide bonds. The van der Waals surface area contributed by atoms with Gasteiger partial charge in [0.1, 0.15) is 0 Å². The van der Waals surface area contributed by atoms with Gasteiger partial charge in [0, 0.05) is 18.1 Å². The average molecular weight is 267 g/mol. The van der Waals surface area contributed by atoms with Crippen LogP contribution in [-0.4, -0.2) is 9.97 Å².